The Bertz CT molecular complexity index is 617. The van der Waals surface area contributed by atoms with Crippen LogP contribution < -0.4 is 0 Å². The third-order valence-corrected chi connectivity index (χ3v) is 6.09. The van der Waals surface area contributed by atoms with Gasteiger partial charge < -0.3 is 4.74 Å². The molecule has 2 bridgehead atoms. The van der Waals surface area contributed by atoms with Gasteiger partial charge in [0.05, 0.1) is 7.11 Å². The average molecular weight is 298 g/mol. The first-order valence-electron chi connectivity index (χ1n) is 8.03. The molecule has 2 aliphatic carbocycles. The van der Waals surface area contributed by atoms with E-state index in [0.29, 0.717) is 17.8 Å². The van der Waals surface area contributed by atoms with E-state index in [2.05, 4.69) is 35.7 Å². The number of rotatable bonds is 4. The molecule has 6 atom stereocenters. The van der Waals surface area contributed by atoms with Crippen molar-refractivity contribution in [2.45, 2.75) is 37.5 Å². The highest BCUT2D eigenvalue weighted by Crippen LogP contribution is 2.70. The lowest BCUT2D eigenvalue weighted by atomic mass is 9.94. The zero-order valence-corrected chi connectivity index (χ0v) is 13.1. The maximum absolute atomic E-state index is 12.4. The molecule has 3 aliphatic rings. The average Bonchev–Trinajstić information content (AvgIpc) is 3.24. The van der Waals surface area contributed by atoms with Gasteiger partial charge in [0.1, 0.15) is 11.7 Å². The van der Waals surface area contributed by atoms with Gasteiger partial charge in [0.15, 0.2) is 0 Å². The molecule has 3 fully saturated rings. The van der Waals surface area contributed by atoms with Crippen molar-refractivity contribution in [3.63, 3.8) is 0 Å². The van der Waals surface area contributed by atoms with Crippen LogP contribution in [-0.4, -0.2) is 36.4 Å². The maximum atomic E-state index is 12.4. The molecule has 1 aliphatic heterocycles. The van der Waals surface area contributed by atoms with Crippen LogP contribution in [0, 0.1) is 17.8 Å². The summed E-state index contributed by atoms with van der Waals surface area (Å²) in [7, 11) is 1.48. The van der Waals surface area contributed by atoms with E-state index in [-0.39, 0.29) is 23.7 Å². The second-order valence-corrected chi connectivity index (χ2v) is 6.87. The number of fused-ring (bicyclic) bond motifs is 5. The molecule has 0 N–H and O–H groups in total. The van der Waals surface area contributed by atoms with Crippen LogP contribution in [0.3, 0.4) is 0 Å². The smallest absolute Gasteiger partial charge is 0.323 e. The van der Waals surface area contributed by atoms with Crippen LogP contribution in [-0.2, 0) is 9.53 Å². The molecule has 4 heteroatoms. The molecule has 1 saturated heterocycles. The number of carbonyl (C=O) groups is 1. The Kier molecular flexibility index (Phi) is 2.95. The van der Waals surface area contributed by atoms with Crippen LogP contribution in [0.15, 0.2) is 35.3 Å². The van der Waals surface area contributed by atoms with E-state index in [1.807, 2.05) is 18.2 Å². The SMILES string of the molecule is C=NC12CC(C3CC31)C(C(=O)OC)N2C(C)c1ccccc1. The summed E-state index contributed by atoms with van der Waals surface area (Å²) in [4.78, 5) is 19.3. The van der Waals surface area contributed by atoms with E-state index >= 15 is 0 Å². The summed E-state index contributed by atoms with van der Waals surface area (Å²) < 4.78 is 5.12. The Labute approximate surface area is 131 Å². The van der Waals surface area contributed by atoms with E-state index in [4.69, 9.17) is 4.74 Å². The third kappa shape index (κ3) is 1.62. The molecule has 6 unspecified atom stereocenters. The quantitative estimate of drug-likeness (QED) is 0.634. The van der Waals surface area contributed by atoms with Crippen molar-refractivity contribution in [2.24, 2.45) is 22.7 Å². The number of hydrogen-bond donors (Lipinski definition) is 0. The molecule has 4 nitrogen and oxygen atoms in total. The van der Waals surface area contributed by atoms with E-state index in [1.165, 1.54) is 19.1 Å². The van der Waals surface area contributed by atoms with Crippen LogP contribution in [0.4, 0.5) is 0 Å². The molecular weight excluding hydrogens is 276 g/mol. The van der Waals surface area contributed by atoms with Crippen molar-refractivity contribution in [2.75, 3.05) is 7.11 Å². The Morgan fingerprint density at radius 3 is 2.77 bits per heavy atom. The zero-order valence-electron chi connectivity index (χ0n) is 13.1. The number of benzene rings is 1. The number of likely N-dealkylation sites (tertiary alicyclic amines) is 1. The number of piperidine rings is 1. The number of ether oxygens (including phenoxy) is 1. The Hall–Kier alpha value is -1.68. The van der Waals surface area contributed by atoms with Gasteiger partial charge in [-0.1, -0.05) is 30.3 Å². The fourth-order valence-electron chi connectivity index (χ4n) is 5.10. The molecule has 0 spiro atoms. The van der Waals surface area contributed by atoms with Crippen LogP contribution in [0.1, 0.15) is 31.4 Å². The normalized spacial score (nSPS) is 40.1. The fourth-order valence-corrected chi connectivity index (χ4v) is 5.10. The lowest BCUT2D eigenvalue weighted by Crippen LogP contribution is -2.54. The highest BCUT2D eigenvalue weighted by molar-refractivity contribution is 5.78. The lowest BCUT2D eigenvalue weighted by Gasteiger charge is -2.43. The Morgan fingerprint density at radius 1 is 1.41 bits per heavy atom. The Morgan fingerprint density at radius 2 is 2.14 bits per heavy atom. The topological polar surface area (TPSA) is 41.9 Å². The number of aliphatic imine (C=N–C) groups is 1. The number of nitrogens with zero attached hydrogens (tertiary/aromatic N) is 2. The molecule has 2 saturated carbocycles. The van der Waals surface area contributed by atoms with Crippen molar-refractivity contribution >= 4 is 12.7 Å². The molecule has 1 aromatic rings. The van der Waals surface area contributed by atoms with Gasteiger partial charge in [-0.15, -0.1) is 0 Å². The second-order valence-electron chi connectivity index (χ2n) is 6.87. The summed E-state index contributed by atoms with van der Waals surface area (Å²) in [6, 6.07) is 10.3. The van der Waals surface area contributed by atoms with Gasteiger partial charge in [0.25, 0.3) is 0 Å². The van der Waals surface area contributed by atoms with Crippen LogP contribution in [0.25, 0.3) is 0 Å². The van der Waals surface area contributed by atoms with Crippen LogP contribution >= 0.6 is 0 Å². The van der Waals surface area contributed by atoms with E-state index in [0.717, 1.165) is 6.42 Å². The highest BCUT2D eigenvalue weighted by atomic mass is 16.5. The molecule has 0 radical (unpaired) electrons. The van der Waals surface area contributed by atoms with Crippen molar-refractivity contribution in [3.05, 3.63) is 35.9 Å². The van der Waals surface area contributed by atoms with Gasteiger partial charge in [-0.25, -0.2) is 0 Å². The molecule has 4 rings (SSSR count). The highest BCUT2D eigenvalue weighted by Gasteiger charge is 2.75. The van der Waals surface area contributed by atoms with Gasteiger partial charge in [-0.2, -0.15) is 0 Å². The number of esters is 1. The van der Waals surface area contributed by atoms with E-state index in [1.54, 1.807) is 0 Å². The minimum Gasteiger partial charge on any atom is -0.468 e. The third-order valence-electron chi connectivity index (χ3n) is 6.09. The monoisotopic (exact) mass is 298 g/mol. The number of methoxy groups -OCH3 is 1. The predicted octanol–water partition coefficient (Wildman–Crippen LogP) is 2.66. The zero-order chi connectivity index (χ0) is 15.5. The number of carbonyl (C=O) groups excluding carboxylic acids is 1. The summed E-state index contributed by atoms with van der Waals surface area (Å²) in [6.45, 7) is 6.05. The van der Waals surface area contributed by atoms with Gasteiger partial charge in [-0.3, -0.25) is 14.7 Å². The van der Waals surface area contributed by atoms with Crippen molar-refractivity contribution in [3.8, 4) is 0 Å². The minimum atomic E-state index is -0.274. The summed E-state index contributed by atoms with van der Waals surface area (Å²) in [6.07, 6.45) is 2.12. The Balaban J connectivity index is 1.76. The second kappa shape index (κ2) is 4.66. The number of hydrogen-bond acceptors (Lipinski definition) is 4. The summed E-state index contributed by atoms with van der Waals surface area (Å²) in [5, 5.41) is 0. The molecule has 116 valence electrons. The summed E-state index contributed by atoms with van der Waals surface area (Å²) in [5.74, 6) is 1.45. The minimum absolute atomic E-state index is 0.122. The van der Waals surface area contributed by atoms with Gasteiger partial charge in [-0.05, 0) is 43.9 Å². The van der Waals surface area contributed by atoms with Crippen molar-refractivity contribution < 1.29 is 9.53 Å². The lowest BCUT2D eigenvalue weighted by molar-refractivity contribution is -0.152. The summed E-state index contributed by atoms with van der Waals surface area (Å²) in [5.41, 5.74) is 0.938. The predicted molar refractivity (Wildman–Crippen MR) is 84.5 cm³/mol. The first-order valence-corrected chi connectivity index (χ1v) is 8.03. The molecule has 22 heavy (non-hydrogen) atoms. The molecular formula is C18H22N2O2. The van der Waals surface area contributed by atoms with Gasteiger partial charge in [0, 0.05) is 12.0 Å². The molecule has 0 aromatic heterocycles. The first kappa shape index (κ1) is 13.9. The molecule has 0 amide bonds. The standard InChI is InChI=1S/C18H22N2O2/c1-11(12-7-5-4-6-8-12)20-16(17(21)22-3)14-10-18(20,19-2)15-9-13(14)15/h4-8,11,13-16H,2,9-10H2,1,3H3. The maximum Gasteiger partial charge on any atom is 0.323 e. The van der Waals surface area contributed by atoms with E-state index < -0.39 is 0 Å². The molecule has 1 aromatic carbocycles. The van der Waals surface area contributed by atoms with Crippen molar-refractivity contribution in [1.29, 1.82) is 0 Å². The fraction of sp³-hybridized carbons (Fsp3) is 0.556. The van der Waals surface area contributed by atoms with Crippen molar-refractivity contribution in [1.82, 2.24) is 4.90 Å². The van der Waals surface area contributed by atoms with Crippen LogP contribution in [0.5, 0.6) is 0 Å². The van der Waals surface area contributed by atoms with E-state index in [9.17, 15) is 4.79 Å². The summed E-state index contributed by atoms with van der Waals surface area (Å²) >= 11 is 0. The van der Waals surface area contributed by atoms with Gasteiger partial charge >= 0.3 is 5.97 Å². The first-order chi connectivity index (χ1) is 10.6. The van der Waals surface area contributed by atoms with Crippen LogP contribution in [0.2, 0.25) is 0 Å². The van der Waals surface area contributed by atoms with Gasteiger partial charge in [0.2, 0.25) is 0 Å². The largest absolute Gasteiger partial charge is 0.468 e. The molecule has 1 heterocycles.